The molecular formula is C9H7N3O5. The van der Waals surface area contributed by atoms with Gasteiger partial charge in [0.05, 0.1) is 4.92 Å². The second-order valence-corrected chi connectivity index (χ2v) is 2.72. The molecule has 0 saturated carbocycles. The minimum atomic E-state index is -1.63. The van der Waals surface area contributed by atoms with Crippen molar-refractivity contribution in [3.63, 3.8) is 0 Å². The molecule has 0 fully saturated rings. The second kappa shape index (κ2) is 6.62. The number of carbonyl (C=O) groups is 2. The summed E-state index contributed by atoms with van der Waals surface area (Å²) in [6.07, 6.45) is 0. The lowest BCUT2D eigenvalue weighted by atomic mass is 10.3. The molecule has 0 atom stereocenters. The topological polar surface area (TPSA) is 128 Å². The van der Waals surface area contributed by atoms with E-state index in [1.165, 1.54) is 24.3 Å². The van der Waals surface area contributed by atoms with Gasteiger partial charge in [-0.3, -0.25) is 14.9 Å². The van der Waals surface area contributed by atoms with Crippen LogP contribution >= 0.6 is 0 Å². The van der Waals surface area contributed by atoms with Gasteiger partial charge in [-0.25, -0.2) is 0 Å². The van der Waals surface area contributed by atoms with Gasteiger partial charge < -0.3 is 9.90 Å². The lowest BCUT2D eigenvalue weighted by molar-refractivity contribution is -0.384. The fourth-order valence-electron chi connectivity index (χ4n) is 0.641. The van der Waals surface area contributed by atoms with Crippen molar-refractivity contribution < 1.29 is 19.6 Å². The third kappa shape index (κ3) is 5.58. The number of nitrogens with zero attached hydrogens (tertiary/aromatic N) is 3. The zero-order valence-electron chi connectivity index (χ0n) is 8.69. The number of carboxylic acid groups (broad SMARTS) is 1. The second-order valence-electron chi connectivity index (χ2n) is 2.72. The van der Waals surface area contributed by atoms with Gasteiger partial charge in [0.1, 0.15) is 5.97 Å². The molecule has 8 heteroatoms. The third-order valence-electron chi connectivity index (χ3n) is 1.46. The fourth-order valence-corrected chi connectivity index (χ4v) is 0.641. The summed E-state index contributed by atoms with van der Waals surface area (Å²) < 4.78 is 0. The summed E-state index contributed by atoms with van der Waals surface area (Å²) in [6, 6.07) is 5.26. The molecule has 0 radical (unpaired) electrons. The van der Waals surface area contributed by atoms with Crippen molar-refractivity contribution in [1.82, 2.24) is 0 Å². The van der Waals surface area contributed by atoms with Crippen molar-refractivity contribution in [1.29, 1.82) is 5.39 Å². The van der Waals surface area contributed by atoms with Crippen molar-refractivity contribution in [3.8, 4) is 0 Å². The van der Waals surface area contributed by atoms with E-state index in [-0.39, 0.29) is 5.69 Å². The number of nitro groups is 1. The van der Waals surface area contributed by atoms with E-state index in [4.69, 9.17) is 5.39 Å². The molecule has 0 heterocycles. The first-order valence-corrected chi connectivity index (χ1v) is 4.20. The number of nitro benzene ring substituents is 1. The van der Waals surface area contributed by atoms with Gasteiger partial charge in [0.2, 0.25) is 5.39 Å². The van der Waals surface area contributed by atoms with Gasteiger partial charge in [-0.05, 0) is 0 Å². The minimum Gasteiger partial charge on any atom is -0.542 e. The molecule has 0 bridgehead atoms. The Kier molecular flexibility index (Phi) is 5.53. The first-order valence-electron chi connectivity index (χ1n) is 4.20. The summed E-state index contributed by atoms with van der Waals surface area (Å²) in [7, 11) is 0. The van der Waals surface area contributed by atoms with Crippen molar-refractivity contribution in [2.45, 2.75) is 6.92 Å². The van der Waals surface area contributed by atoms with Crippen LogP contribution in [0.2, 0.25) is 0 Å². The molecule has 1 aromatic rings. The van der Waals surface area contributed by atoms with Crippen molar-refractivity contribution in [2.24, 2.45) is 0 Å². The highest BCUT2D eigenvalue weighted by Crippen LogP contribution is 2.16. The molecule has 0 aliphatic carbocycles. The van der Waals surface area contributed by atoms with Gasteiger partial charge in [-0.15, -0.1) is 0 Å². The number of hydrogen-bond donors (Lipinski definition) is 0. The maximum Gasteiger partial charge on any atom is 0.385 e. The summed E-state index contributed by atoms with van der Waals surface area (Å²) in [6.45, 7) is 0.940. The van der Waals surface area contributed by atoms with Crippen LogP contribution < -0.4 is 5.11 Å². The Morgan fingerprint density at radius 1 is 1.29 bits per heavy atom. The van der Waals surface area contributed by atoms with Crippen LogP contribution in [0.25, 0.3) is 4.98 Å². The van der Waals surface area contributed by atoms with Gasteiger partial charge in [0, 0.05) is 31.2 Å². The zero-order valence-corrected chi connectivity index (χ0v) is 8.69. The summed E-state index contributed by atoms with van der Waals surface area (Å²) in [5.74, 6) is -2.56. The van der Waals surface area contributed by atoms with Crippen molar-refractivity contribution in [3.05, 3.63) is 39.4 Å². The van der Waals surface area contributed by atoms with Crippen LogP contribution in [-0.4, -0.2) is 16.7 Å². The maximum atomic E-state index is 10.1. The summed E-state index contributed by atoms with van der Waals surface area (Å²) in [5, 5.41) is 27.6. The monoisotopic (exact) mass is 237 g/mol. The predicted molar refractivity (Wildman–Crippen MR) is 53.5 cm³/mol. The summed E-state index contributed by atoms with van der Waals surface area (Å²) in [4.78, 5) is 31.2. The van der Waals surface area contributed by atoms with Crippen LogP contribution in [0.15, 0.2) is 24.3 Å². The normalized spacial score (nSPS) is 8.24. The smallest absolute Gasteiger partial charge is 0.385 e. The number of rotatable bonds is 2. The molecule has 0 aliphatic rings. The maximum absolute atomic E-state index is 10.1. The predicted octanol–water partition coefficient (Wildman–Crippen LogP) is 0.405. The molecule has 0 aromatic heterocycles. The van der Waals surface area contributed by atoms with Gasteiger partial charge in [-0.2, -0.15) is 0 Å². The number of carboxylic acids is 1. The van der Waals surface area contributed by atoms with E-state index in [9.17, 15) is 24.8 Å². The van der Waals surface area contributed by atoms with Gasteiger partial charge in [-0.1, -0.05) is 0 Å². The van der Waals surface area contributed by atoms with E-state index in [2.05, 4.69) is 4.98 Å². The Hall–Kier alpha value is -2.82. The molecule has 0 amide bonds. The average Bonchev–Trinajstić information content (AvgIpc) is 2.29. The van der Waals surface area contributed by atoms with E-state index in [1.807, 2.05) is 0 Å². The average molecular weight is 237 g/mol. The lowest BCUT2D eigenvalue weighted by Gasteiger charge is -1.87. The van der Waals surface area contributed by atoms with E-state index in [0.717, 1.165) is 6.92 Å². The van der Waals surface area contributed by atoms with Crippen LogP contribution in [0.4, 0.5) is 11.4 Å². The third-order valence-corrected chi connectivity index (χ3v) is 1.46. The minimum absolute atomic E-state index is 0.0163. The number of diazo groups is 1. The first kappa shape index (κ1) is 14.2. The number of aliphatic carboxylic acids is 1. The van der Waals surface area contributed by atoms with E-state index in [0.29, 0.717) is 5.69 Å². The van der Waals surface area contributed by atoms with E-state index >= 15 is 0 Å². The molecule has 88 valence electrons. The number of carbonyl (C=O) groups excluding carboxylic acids is 2. The highest BCUT2D eigenvalue weighted by atomic mass is 16.6. The van der Waals surface area contributed by atoms with Gasteiger partial charge in [0.25, 0.3) is 5.69 Å². The highest BCUT2D eigenvalue weighted by molar-refractivity contribution is 6.30. The molecule has 0 aliphatic heterocycles. The lowest BCUT2D eigenvalue weighted by Crippen LogP contribution is -2.29. The first-order chi connectivity index (χ1) is 7.88. The quantitative estimate of drug-likeness (QED) is 0.317. The molecule has 1 rings (SSSR count). The van der Waals surface area contributed by atoms with Crippen LogP contribution in [0.5, 0.6) is 0 Å². The summed E-state index contributed by atoms with van der Waals surface area (Å²) in [5.41, 5.74) is 0.285. The number of non-ortho nitro benzene ring substituents is 1. The molecular weight excluding hydrogens is 230 g/mol. The number of ketones is 1. The van der Waals surface area contributed by atoms with Crippen LogP contribution in [0.3, 0.4) is 0 Å². The Morgan fingerprint density at radius 3 is 1.94 bits per heavy atom. The summed E-state index contributed by atoms with van der Waals surface area (Å²) >= 11 is 0. The zero-order chi connectivity index (χ0) is 13.4. The van der Waals surface area contributed by atoms with Gasteiger partial charge >= 0.3 is 5.69 Å². The molecule has 8 nitrogen and oxygen atoms in total. The number of Topliss-reactive ketones (excluding diaryl/α,β-unsaturated/α-hetero) is 1. The SMILES string of the molecule is CC(=O)C(=O)[O-].N#[N+]c1ccc([N+](=O)[O-])cc1. The van der Waals surface area contributed by atoms with Crippen molar-refractivity contribution in [2.75, 3.05) is 0 Å². The van der Waals surface area contributed by atoms with Gasteiger partial charge in [0.15, 0.2) is 10.8 Å². The van der Waals surface area contributed by atoms with Crippen LogP contribution in [0.1, 0.15) is 6.92 Å². The number of hydrogen-bond acceptors (Lipinski definition) is 6. The molecule has 17 heavy (non-hydrogen) atoms. The fraction of sp³-hybridized carbons (Fsp3) is 0.111. The Labute approximate surface area is 95.3 Å². The largest absolute Gasteiger partial charge is 0.542 e. The standard InChI is InChI=1S/C6H4N3O2.C3H4O3/c7-8-5-1-3-6(4-2-5)9(10)11;1-2(4)3(5)6/h1-4H;1H3,(H,5,6)/q+1;/p-1. The Bertz CT molecular complexity index is 462. The Balaban J connectivity index is 0.000000366. The highest BCUT2D eigenvalue weighted by Gasteiger charge is 2.08. The van der Waals surface area contributed by atoms with E-state index < -0.39 is 16.7 Å². The van der Waals surface area contributed by atoms with Crippen LogP contribution in [0, 0.1) is 15.5 Å². The molecule has 0 spiro atoms. The molecule has 0 saturated heterocycles. The van der Waals surface area contributed by atoms with Crippen LogP contribution in [-0.2, 0) is 9.59 Å². The number of benzene rings is 1. The van der Waals surface area contributed by atoms with Crippen molar-refractivity contribution >= 4 is 23.1 Å². The molecule has 1 aromatic carbocycles. The molecule has 0 unspecified atom stereocenters. The Morgan fingerprint density at radius 2 is 1.71 bits per heavy atom. The molecule has 0 N–H and O–H groups in total. The van der Waals surface area contributed by atoms with E-state index in [1.54, 1.807) is 0 Å².